The van der Waals surface area contributed by atoms with E-state index in [1.165, 1.54) is 4.90 Å². The van der Waals surface area contributed by atoms with Crippen molar-refractivity contribution < 1.29 is 33.8 Å². The summed E-state index contributed by atoms with van der Waals surface area (Å²) in [4.78, 5) is 59.6. The molecule has 3 aliphatic heterocycles. The third-order valence-electron chi connectivity index (χ3n) is 11.0. The summed E-state index contributed by atoms with van der Waals surface area (Å²) < 4.78 is 14.6. The predicted molar refractivity (Wildman–Crippen MR) is 200 cm³/mol. The minimum atomic E-state index is -1.40. The molecule has 2 N–H and O–H groups in total. The number of halogens is 1. The topological polar surface area (TPSA) is 156 Å². The molecular formula is C39H47BrN6O7. The Bertz CT molecular complexity index is 1840. The van der Waals surface area contributed by atoms with Crippen molar-refractivity contribution in [3.8, 4) is 0 Å². The second kappa shape index (κ2) is 16.3. The van der Waals surface area contributed by atoms with Crippen molar-refractivity contribution in [2.24, 2.45) is 17.8 Å². The zero-order chi connectivity index (χ0) is 37.9. The van der Waals surface area contributed by atoms with Crippen LogP contribution in [0.15, 0.2) is 79.9 Å². The number of allylic oxidation sites excluding steroid dienone is 1. The van der Waals surface area contributed by atoms with Gasteiger partial charge in [-0.15, -0.1) is 18.3 Å². The molecule has 14 heteroatoms. The Morgan fingerprint density at radius 3 is 2.60 bits per heavy atom. The maximum absolute atomic E-state index is 15.1. The van der Waals surface area contributed by atoms with E-state index in [1.807, 2.05) is 68.4 Å². The zero-order valence-corrected chi connectivity index (χ0v) is 31.6. The van der Waals surface area contributed by atoms with E-state index in [0.717, 1.165) is 5.52 Å². The summed E-state index contributed by atoms with van der Waals surface area (Å²) in [6, 6.07) is 14.6. The maximum Gasteiger partial charge on any atom is 0.313 e. The molecule has 3 aromatic rings. The number of ether oxygens (including phenoxy) is 2. The molecule has 0 saturated carbocycles. The number of benzene rings is 2. The van der Waals surface area contributed by atoms with E-state index in [1.54, 1.807) is 21.7 Å². The lowest BCUT2D eigenvalue weighted by Crippen LogP contribution is -2.60. The van der Waals surface area contributed by atoms with Gasteiger partial charge in [-0.2, -0.15) is 0 Å². The van der Waals surface area contributed by atoms with Crippen LogP contribution in [-0.2, 0) is 35.3 Å². The number of para-hydroxylation sites is 1. The molecule has 13 nitrogen and oxygen atoms in total. The highest BCUT2D eigenvalue weighted by atomic mass is 79.9. The number of amides is 3. The van der Waals surface area contributed by atoms with Crippen LogP contribution in [0.25, 0.3) is 11.0 Å². The van der Waals surface area contributed by atoms with Gasteiger partial charge < -0.3 is 29.7 Å². The molecule has 0 aliphatic carbocycles. The Labute approximate surface area is 317 Å². The lowest BCUT2D eigenvalue weighted by Gasteiger charge is -2.40. The van der Waals surface area contributed by atoms with Crippen molar-refractivity contribution in [1.29, 1.82) is 0 Å². The van der Waals surface area contributed by atoms with Crippen molar-refractivity contribution in [3.63, 3.8) is 0 Å². The van der Waals surface area contributed by atoms with Crippen molar-refractivity contribution in [1.82, 2.24) is 30.1 Å². The van der Waals surface area contributed by atoms with E-state index in [2.05, 4.69) is 44.7 Å². The number of fused-ring (bicyclic) bond motifs is 2. The van der Waals surface area contributed by atoms with Gasteiger partial charge in [0.15, 0.2) is 0 Å². The number of aliphatic hydroxyl groups is 1. The van der Waals surface area contributed by atoms with Gasteiger partial charge in [-0.3, -0.25) is 19.2 Å². The molecule has 3 saturated heterocycles. The molecule has 1 unspecified atom stereocenters. The molecule has 0 radical (unpaired) electrons. The molecule has 53 heavy (non-hydrogen) atoms. The van der Waals surface area contributed by atoms with Crippen LogP contribution in [0.4, 0.5) is 0 Å². The Balaban J connectivity index is 1.36. The van der Waals surface area contributed by atoms with Crippen LogP contribution < -0.4 is 5.32 Å². The third-order valence-corrected chi connectivity index (χ3v) is 11.8. The number of rotatable bonds is 17. The van der Waals surface area contributed by atoms with Crippen LogP contribution in [0.5, 0.6) is 0 Å². The molecule has 3 aliphatic rings. The van der Waals surface area contributed by atoms with Crippen molar-refractivity contribution in [2.75, 3.05) is 19.7 Å². The quantitative estimate of drug-likeness (QED) is 0.118. The maximum atomic E-state index is 15.1. The molecule has 1 aromatic heterocycles. The molecule has 2 bridgehead atoms. The highest BCUT2D eigenvalue weighted by molar-refractivity contribution is 9.09. The van der Waals surface area contributed by atoms with E-state index in [9.17, 15) is 19.5 Å². The minimum Gasteiger partial charge on any atom is -0.455 e. The number of likely N-dealkylation sites (tertiary alicyclic amines) is 1. The monoisotopic (exact) mass is 790 g/mol. The Morgan fingerprint density at radius 2 is 1.91 bits per heavy atom. The van der Waals surface area contributed by atoms with Crippen LogP contribution >= 0.6 is 15.9 Å². The van der Waals surface area contributed by atoms with Gasteiger partial charge in [0.2, 0.25) is 17.7 Å². The van der Waals surface area contributed by atoms with Gasteiger partial charge in [-0.25, -0.2) is 4.68 Å². The molecular weight excluding hydrogens is 744 g/mol. The van der Waals surface area contributed by atoms with Gasteiger partial charge in [0, 0.05) is 17.8 Å². The van der Waals surface area contributed by atoms with Crippen molar-refractivity contribution >= 4 is 50.7 Å². The van der Waals surface area contributed by atoms with E-state index >= 15 is 4.79 Å². The van der Waals surface area contributed by atoms with Gasteiger partial charge in [-0.05, 0) is 36.5 Å². The second-order valence-corrected chi connectivity index (χ2v) is 15.3. The molecule has 3 fully saturated rings. The van der Waals surface area contributed by atoms with Crippen LogP contribution in [0, 0.1) is 17.8 Å². The fourth-order valence-corrected chi connectivity index (χ4v) is 9.10. The number of esters is 1. The normalized spacial score (nSPS) is 26.2. The number of alkyl halides is 1. The number of hydrogen-bond acceptors (Lipinski definition) is 9. The Morgan fingerprint density at radius 1 is 1.17 bits per heavy atom. The number of carbonyl (C=O) groups is 4. The molecule has 3 amide bonds. The first-order valence-corrected chi connectivity index (χ1v) is 19.1. The number of hydrogen-bond donors (Lipinski definition) is 2. The summed E-state index contributed by atoms with van der Waals surface area (Å²) >= 11 is 3.74. The average molecular weight is 792 g/mol. The van der Waals surface area contributed by atoms with Gasteiger partial charge in [0.25, 0.3) is 0 Å². The first-order valence-electron chi connectivity index (χ1n) is 18.2. The average Bonchev–Trinajstić information content (AvgIpc) is 3.89. The fraction of sp³-hybridized carbons (Fsp3) is 0.487. The number of aromatic nitrogens is 3. The summed E-state index contributed by atoms with van der Waals surface area (Å²) in [6.07, 6.45) is 3.29. The smallest absolute Gasteiger partial charge is 0.313 e. The van der Waals surface area contributed by atoms with Crippen LogP contribution in [0.3, 0.4) is 0 Å². The lowest BCUT2D eigenvalue weighted by atomic mass is 9.70. The number of aliphatic hydroxyl groups excluding tert-OH is 1. The molecule has 2 aromatic carbocycles. The molecule has 282 valence electrons. The first kappa shape index (κ1) is 38.3. The van der Waals surface area contributed by atoms with Gasteiger partial charge >= 0.3 is 5.97 Å². The van der Waals surface area contributed by atoms with Crippen molar-refractivity contribution in [2.45, 2.75) is 80.9 Å². The molecule has 6 rings (SSSR count). The summed E-state index contributed by atoms with van der Waals surface area (Å²) in [6.45, 7) is 11.2. The van der Waals surface area contributed by atoms with Crippen molar-refractivity contribution in [3.05, 3.63) is 85.5 Å². The van der Waals surface area contributed by atoms with Gasteiger partial charge in [-0.1, -0.05) is 96.0 Å². The van der Waals surface area contributed by atoms with Gasteiger partial charge in [0.1, 0.15) is 29.9 Å². The summed E-state index contributed by atoms with van der Waals surface area (Å²) in [5, 5.41) is 22.2. The lowest BCUT2D eigenvalue weighted by molar-refractivity contribution is -0.161. The minimum absolute atomic E-state index is 0.0156. The van der Waals surface area contributed by atoms with Crippen LogP contribution in [0.1, 0.15) is 51.2 Å². The van der Waals surface area contributed by atoms with E-state index < -0.39 is 59.5 Å². The van der Waals surface area contributed by atoms with Crippen LogP contribution in [-0.4, -0.2) is 102 Å². The van der Waals surface area contributed by atoms with E-state index in [0.29, 0.717) is 23.9 Å². The summed E-state index contributed by atoms with van der Waals surface area (Å²) in [7, 11) is 0. The number of nitrogens with zero attached hydrogens (tertiary/aromatic N) is 5. The van der Waals surface area contributed by atoms with E-state index in [-0.39, 0.29) is 55.9 Å². The number of nitrogens with one attached hydrogen (secondary N) is 1. The second-order valence-electron chi connectivity index (χ2n) is 14.1. The van der Waals surface area contributed by atoms with Crippen LogP contribution in [0.2, 0.25) is 0 Å². The Kier molecular flexibility index (Phi) is 11.8. The molecule has 1 spiro atoms. The summed E-state index contributed by atoms with van der Waals surface area (Å²) in [5.74, 6) is -4.04. The Hall–Kier alpha value is -4.40. The third kappa shape index (κ3) is 7.16. The van der Waals surface area contributed by atoms with Gasteiger partial charge in [0.05, 0.1) is 42.6 Å². The zero-order valence-electron chi connectivity index (χ0n) is 30.1. The fourth-order valence-electron chi connectivity index (χ4n) is 8.16. The SMILES string of the molecule is C=CCCC(=O)NC[C@H](OC(=O)[C@@H]1[C@H]2O[C@@]3(CC2Br)[C@H](C(=O)N(CC=C)Cn2nnc4ccccc42)N([C@@H](CO)[C@@H](C)CC)C(=O)[C@@H]13)c1ccccc1. The summed E-state index contributed by atoms with van der Waals surface area (Å²) in [5.41, 5.74) is 0.661. The first-order chi connectivity index (χ1) is 25.6. The highest BCUT2D eigenvalue weighted by Gasteiger charge is 2.77. The largest absolute Gasteiger partial charge is 0.455 e. The standard InChI is InChI=1S/C39H47BrN6O7/c1-5-8-18-31(48)41-21-30(25-14-10-9-11-15-25)52-38(51)32-33-36(49)46(29(22-47)24(4)7-3)35(39(33)20-26(40)34(32)53-39)37(50)44(19-6-2)23-45-28-17-13-12-16-27(28)42-43-45/h5-6,9-17,24,26,29-30,32-35,47H,1-2,7-8,18-23H2,3-4H3,(H,41,48)/t24-,26?,29-,30-,32-,33+,34-,35-,39+/m0/s1. The molecule has 9 atom stereocenters. The van der Waals surface area contributed by atoms with E-state index in [4.69, 9.17) is 9.47 Å². The highest BCUT2D eigenvalue weighted by Crippen LogP contribution is 2.61. The predicted octanol–water partition coefficient (Wildman–Crippen LogP) is 3.93. The molecule has 4 heterocycles. The number of carbonyl (C=O) groups excluding carboxylic acids is 4.